The van der Waals surface area contributed by atoms with Crippen molar-refractivity contribution in [3.63, 3.8) is 0 Å². The van der Waals surface area contributed by atoms with E-state index in [9.17, 15) is 9.59 Å². The minimum atomic E-state index is 0. The van der Waals surface area contributed by atoms with Crippen LogP contribution in [0.4, 0.5) is 0 Å². The quantitative estimate of drug-likeness (QED) is 0.704. The van der Waals surface area contributed by atoms with Gasteiger partial charge < -0.3 is 15.1 Å². The predicted molar refractivity (Wildman–Crippen MR) is 115 cm³/mol. The number of hydrogen-bond donors (Lipinski definition) is 1. The van der Waals surface area contributed by atoms with Gasteiger partial charge in [0.1, 0.15) is 0 Å². The molecule has 1 heterocycles. The molecule has 1 aliphatic heterocycles. The number of amides is 2. The van der Waals surface area contributed by atoms with E-state index in [2.05, 4.69) is 40.8 Å². The van der Waals surface area contributed by atoms with Crippen molar-refractivity contribution < 1.29 is 11.0 Å². The van der Waals surface area contributed by atoms with E-state index >= 15 is 0 Å². The molecular formula is C22H38N4O2. The maximum absolute atomic E-state index is 13.2. The van der Waals surface area contributed by atoms with Crippen molar-refractivity contribution in [3.05, 3.63) is 35.4 Å². The van der Waals surface area contributed by atoms with Gasteiger partial charge in [-0.05, 0) is 37.3 Å². The van der Waals surface area contributed by atoms with Gasteiger partial charge in [-0.1, -0.05) is 39.8 Å². The summed E-state index contributed by atoms with van der Waals surface area (Å²) in [5.41, 5.74) is 1.73. The van der Waals surface area contributed by atoms with Crippen molar-refractivity contribution in [2.24, 2.45) is 0 Å². The van der Waals surface area contributed by atoms with E-state index in [1.165, 1.54) is 0 Å². The van der Waals surface area contributed by atoms with Gasteiger partial charge >= 0.3 is 0 Å². The highest BCUT2D eigenvalue weighted by Gasteiger charge is 2.31. The number of hydrogen-bond acceptors (Lipinski definition) is 4. The fourth-order valence-electron chi connectivity index (χ4n) is 3.67. The Morgan fingerprint density at radius 1 is 1.11 bits per heavy atom. The molecule has 2 rings (SSSR count). The zero-order chi connectivity index (χ0) is 20.5. The zero-order valence-corrected chi connectivity index (χ0v) is 17.9. The molecule has 0 spiro atoms. The van der Waals surface area contributed by atoms with Crippen LogP contribution >= 0.6 is 0 Å². The van der Waals surface area contributed by atoms with Crippen molar-refractivity contribution >= 4 is 11.8 Å². The second-order valence-corrected chi connectivity index (χ2v) is 7.36. The third-order valence-corrected chi connectivity index (χ3v) is 5.65. The summed E-state index contributed by atoms with van der Waals surface area (Å²) in [4.78, 5) is 31.5. The van der Waals surface area contributed by atoms with E-state index in [1.54, 1.807) is 0 Å². The van der Waals surface area contributed by atoms with Gasteiger partial charge in [0.2, 0.25) is 5.91 Å². The summed E-state index contributed by atoms with van der Waals surface area (Å²) in [5, 5.41) is 2.87. The molecule has 1 atom stereocenters. The highest BCUT2D eigenvalue weighted by molar-refractivity contribution is 5.94. The summed E-state index contributed by atoms with van der Waals surface area (Å²) in [6.07, 6.45) is 0.480. The summed E-state index contributed by atoms with van der Waals surface area (Å²) in [6, 6.07) is 7.85. The van der Waals surface area contributed by atoms with Gasteiger partial charge in [0.05, 0.1) is 6.04 Å². The summed E-state index contributed by atoms with van der Waals surface area (Å²) in [6.45, 7) is 15.4. The average molecular weight is 391 g/mol. The molecule has 0 bridgehead atoms. The minimum Gasteiger partial charge on any atom is -0.352 e. The molecule has 1 N–H and O–H groups in total. The zero-order valence-electron chi connectivity index (χ0n) is 17.9. The van der Waals surface area contributed by atoms with Crippen LogP contribution in [0.5, 0.6) is 0 Å². The summed E-state index contributed by atoms with van der Waals surface area (Å²) >= 11 is 0. The SMILES string of the molecule is CCC(=O)NCc1ccc(C(=O)N2CCN(CC)CC2CN(CC)CC)cc1.[HH]. The van der Waals surface area contributed by atoms with Crippen LogP contribution in [-0.4, -0.2) is 78.4 Å². The topological polar surface area (TPSA) is 55.9 Å². The van der Waals surface area contributed by atoms with Crippen LogP contribution < -0.4 is 5.32 Å². The fourth-order valence-corrected chi connectivity index (χ4v) is 3.67. The first kappa shape index (κ1) is 22.4. The summed E-state index contributed by atoms with van der Waals surface area (Å²) in [7, 11) is 0. The molecule has 0 radical (unpaired) electrons. The number of rotatable bonds is 9. The molecular weight excluding hydrogens is 352 g/mol. The Hall–Kier alpha value is -1.92. The first-order chi connectivity index (χ1) is 13.5. The molecule has 6 heteroatoms. The normalized spacial score (nSPS) is 17.8. The van der Waals surface area contributed by atoms with Gasteiger partial charge in [-0.25, -0.2) is 0 Å². The molecule has 0 aliphatic carbocycles. The molecule has 1 unspecified atom stereocenters. The Bertz CT molecular complexity index is 634. The molecule has 1 saturated heterocycles. The first-order valence-corrected chi connectivity index (χ1v) is 10.6. The van der Waals surface area contributed by atoms with Gasteiger partial charge in [0, 0.05) is 46.1 Å². The maximum atomic E-state index is 13.2. The summed E-state index contributed by atoms with van der Waals surface area (Å²) in [5.74, 6) is 0.144. The number of piperazine rings is 1. The lowest BCUT2D eigenvalue weighted by Crippen LogP contribution is -2.58. The van der Waals surface area contributed by atoms with Crippen molar-refractivity contribution in [3.8, 4) is 0 Å². The number of carbonyl (C=O) groups is 2. The van der Waals surface area contributed by atoms with Crippen LogP contribution in [0, 0.1) is 0 Å². The van der Waals surface area contributed by atoms with E-state index in [0.717, 1.165) is 56.9 Å². The molecule has 2 amide bonds. The Balaban J connectivity index is 0.00000420. The number of carbonyl (C=O) groups excluding carboxylic acids is 2. The van der Waals surface area contributed by atoms with Crippen LogP contribution in [0.2, 0.25) is 0 Å². The Kier molecular flexibility index (Phi) is 8.93. The Morgan fingerprint density at radius 3 is 2.36 bits per heavy atom. The monoisotopic (exact) mass is 390 g/mol. The van der Waals surface area contributed by atoms with Crippen LogP contribution in [0.15, 0.2) is 24.3 Å². The van der Waals surface area contributed by atoms with Gasteiger partial charge in [0.25, 0.3) is 5.91 Å². The lowest BCUT2D eigenvalue weighted by molar-refractivity contribution is -0.120. The van der Waals surface area contributed by atoms with Crippen LogP contribution in [0.1, 0.15) is 51.5 Å². The lowest BCUT2D eigenvalue weighted by Gasteiger charge is -2.43. The van der Waals surface area contributed by atoms with Crippen LogP contribution in [0.3, 0.4) is 0 Å². The van der Waals surface area contributed by atoms with Gasteiger partial charge in [-0.3, -0.25) is 14.5 Å². The van der Waals surface area contributed by atoms with Gasteiger partial charge in [-0.2, -0.15) is 0 Å². The Morgan fingerprint density at radius 2 is 1.79 bits per heavy atom. The van der Waals surface area contributed by atoms with E-state index in [4.69, 9.17) is 0 Å². The number of nitrogens with one attached hydrogen (secondary N) is 1. The number of benzene rings is 1. The molecule has 1 aromatic rings. The van der Waals surface area contributed by atoms with Crippen LogP contribution in [0.25, 0.3) is 0 Å². The van der Waals surface area contributed by atoms with E-state index in [0.29, 0.717) is 13.0 Å². The molecule has 1 aromatic carbocycles. The van der Waals surface area contributed by atoms with Crippen molar-refractivity contribution in [2.75, 3.05) is 45.8 Å². The van der Waals surface area contributed by atoms with Crippen molar-refractivity contribution in [2.45, 2.75) is 46.7 Å². The largest absolute Gasteiger partial charge is 0.352 e. The summed E-state index contributed by atoms with van der Waals surface area (Å²) < 4.78 is 0. The average Bonchev–Trinajstić information content (AvgIpc) is 2.75. The fraction of sp³-hybridized carbons (Fsp3) is 0.636. The highest BCUT2D eigenvalue weighted by Crippen LogP contribution is 2.16. The van der Waals surface area contributed by atoms with Crippen molar-refractivity contribution in [1.29, 1.82) is 0 Å². The van der Waals surface area contributed by atoms with Crippen LogP contribution in [-0.2, 0) is 11.3 Å². The Labute approximate surface area is 171 Å². The third kappa shape index (κ3) is 6.04. The second-order valence-electron chi connectivity index (χ2n) is 7.36. The molecule has 0 aromatic heterocycles. The van der Waals surface area contributed by atoms with E-state index < -0.39 is 0 Å². The first-order valence-electron chi connectivity index (χ1n) is 10.6. The maximum Gasteiger partial charge on any atom is 0.254 e. The molecule has 6 nitrogen and oxygen atoms in total. The smallest absolute Gasteiger partial charge is 0.254 e. The van der Waals surface area contributed by atoms with Gasteiger partial charge in [-0.15, -0.1) is 0 Å². The standard InChI is InChI=1S/C22H36N4O2.H2/c1-5-21(27)23-15-18-9-11-19(12-10-18)22(28)26-14-13-25(8-4)17-20(26)16-24(6-2)7-3;/h9-12,20H,5-8,13-17H2,1-4H3,(H,23,27);1H. The minimum absolute atomic E-state index is 0. The predicted octanol–water partition coefficient (Wildman–Crippen LogP) is 2.45. The molecule has 1 aliphatic rings. The van der Waals surface area contributed by atoms with Gasteiger partial charge in [0.15, 0.2) is 0 Å². The second kappa shape index (κ2) is 11.2. The molecule has 28 heavy (non-hydrogen) atoms. The number of nitrogens with zero attached hydrogens (tertiary/aromatic N) is 3. The highest BCUT2D eigenvalue weighted by atomic mass is 16.2. The lowest BCUT2D eigenvalue weighted by atomic mass is 10.1. The molecule has 1 fully saturated rings. The van der Waals surface area contributed by atoms with E-state index in [-0.39, 0.29) is 19.3 Å². The van der Waals surface area contributed by atoms with Crippen molar-refractivity contribution in [1.82, 2.24) is 20.0 Å². The molecule has 158 valence electrons. The number of likely N-dealkylation sites (N-methyl/N-ethyl adjacent to an activating group) is 2. The third-order valence-electron chi connectivity index (χ3n) is 5.65. The molecule has 0 saturated carbocycles. The van der Waals surface area contributed by atoms with E-state index in [1.807, 2.05) is 31.2 Å².